The molecule has 0 fully saturated rings. The molecule has 0 aromatic heterocycles. The number of hydrogen-bond acceptors (Lipinski definition) is 4. The monoisotopic (exact) mass is 257 g/mol. The Labute approximate surface area is 113 Å². The Kier molecular flexibility index (Phi) is 3.80. The third kappa shape index (κ3) is 3.55. The van der Waals surface area contributed by atoms with Gasteiger partial charge in [0.15, 0.2) is 0 Å². The largest absolute Gasteiger partial charge is 0.491 e. The number of benzene rings is 2. The van der Waals surface area contributed by atoms with E-state index in [-0.39, 0.29) is 6.10 Å². The molecular formula is C15H19N3O. The molecule has 0 amide bonds. The van der Waals surface area contributed by atoms with Gasteiger partial charge < -0.3 is 21.5 Å². The maximum atomic E-state index is 5.90. The summed E-state index contributed by atoms with van der Waals surface area (Å²) in [6.07, 6.45) is 0.173. The fourth-order valence-electron chi connectivity index (χ4n) is 1.74. The van der Waals surface area contributed by atoms with Crippen molar-refractivity contribution in [3.05, 3.63) is 42.5 Å². The zero-order valence-corrected chi connectivity index (χ0v) is 11.2. The van der Waals surface area contributed by atoms with Gasteiger partial charge in [-0.1, -0.05) is 0 Å². The topological polar surface area (TPSA) is 73.3 Å². The van der Waals surface area contributed by atoms with Crippen molar-refractivity contribution in [1.29, 1.82) is 0 Å². The summed E-state index contributed by atoms with van der Waals surface area (Å²) in [5, 5.41) is 3.24. The molecule has 100 valence electrons. The highest BCUT2D eigenvalue weighted by Gasteiger charge is 2.01. The van der Waals surface area contributed by atoms with E-state index in [4.69, 9.17) is 16.2 Å². The van der Waals surface area contributed by atoms with Crippen LogP contribution in [0, 0.1) is 0 Å². The zero-order chi connectivity index (χ0) is 13.8. The molecule has 2 aromatic carbocycles. The first kappa shape index (κ1) is 13.1. The van der Waals surface area contributed by atoms with Crippen LogP contribution < -0.4 is 21.5 Å². The first-order valence-corrected chi connectivity index (χ1v) is 6.23. The molecular weight excluding hydrogens is 238 g/mol. The van der Waals surface area contributed by atoms with Crippen LogP contribution in [-0.2, 0) is 0 Å². The van der Waals surface area contributed by atoms with Gasteiger partial charge in [-0.05, 0) is 56.3 Å². The standard InChI is InChI=1S/C15H19N3O/c1-10(2)19-13-6-4-12(5-7-13)18-15-8-3-11(16)9-14(15)17/h3-10,18H,16-17H2,1-2H3. The lowest BCUT2D eigenvalue weighted by molar-refractivity contribution is 0.242. The van der Waals surface area contributed by atoms with E-state index in [0.29, 0.717) is 11.4 Å². The summed E-state index contributed by atoms with van der Waals surface area (Å²) < 4.78 is 5.59. The first-order valence-electron chi connectivity index (χ1n) is 6.23. The van der Waals surface area contributed by atoms with Crippen molar-refractivity contribution in [2.24, 2.45) is 0 Å². The molecule has 0 spiro atoms. The van der Waals surface area contributed by atoms with Crippen molar-refractivity contribution < 1.29 is 4.74 Å². The van der Waals surface area contributed by atoms with Crippen molar-refractivity contribution in [3.63, 3.8) is 0 Å². The van der Waals surface area contributed by atoms with Gasteiger partial charge in [-0.25, -0.2) is 0 Å². The van der Waals surface area contributed by atoms with Crippen LogP contribution in [-0.4, -0.2) is 6.10 Å². The summed E-state index contributed by atoms with van der Waals surface area (Å²) in [6.45, 7) is 4.00. The van der Waals surface area contributed by atoms with Crippen molar-refractivity contribution >= 4 is 22.7 Å². The fraction of sp³-hybridized carbons (Fsp3) is 0.200. The predicted octanol–water partition coefficient (Wildman–Crippen LogP) is 3.38. The third-order valence-electron chi connectivity index (χ3n) is 2.58. The number of nitrogen functional groups attached to an aromatic ring is 2. The molecule has 19 heavy (non-hydrogen) atoms. The first-order chi connectivity index (χ1) is 9.04. The van der Waals surface area contributed by atoms with Gasteiger partial charge in [0.1, 0.15) is 5.75 Å². The molecule has 0 saturated carbocycles. The van der Waals surface area contributed by atoms with Crippen LogP contribution in [0.2, 0.25) is 0 Å². The van der Waals surface area contributed by atoms with Crippen LogP contribution in [0.1, 0.15) is 13.8 Å². The highest BCUT2D eigenvalue weighted by molar-refractivity contribution is 5.75. The molecule has 0 heterocycles. The average Bonchev–Trinajstić information content (AvgIpc) is 2.34. The number of ether oxygens (including phenoxy) is 1. The van der Waals surface area contributed by atoms with Crippen LogP contribution >= 0.6 is 0 Å². The van der Waals surface area contributed by atoms with Gasteiger partial charge in [-0.3, -0.25) is 0 Å². The Bertz CT molecular complexity index is 550. The lowest BCUT2D eigenvalue weighted by Crippen LogP contribution is -2.05. The molecule has 4 nitrogen and oxygen atoms in total. The molecule has 0 aliphatic heterocycles. The van der Waals surface area contributed by atoms with E-state index in [1.54, 1.807) is 6.07 Å². The number of hydrogen-bond donors (Lipinski definition) is 3. The maximum absolute atomic E-state index is 5.90. The van der Waals surface area contributed by atoms with Crippen LogP contribution in [0.15, 0.2) is 42.5 Å². The smallest absolute Gasteiger partial charge is 0.119 e. The van der Waals surface area contributed by atoms with E-state index < -0.39 is 0 Å². The quantitative estimate of drug-likeness (QED) is 0.734. The molecule has 2 aromatic rings. The van der Waals surface area contributed by atoms with E-state index in [0.717, 1.165) is 17.1 Å². The molecule has 0 saturated heterocycles. The minimum absolute atomic E-state index is 0.173. The Hall–Kier alpha value is -2.36. The van der Waals surface area contributed by atoms with Crippen LogP contribution in [0.4, 0.5) is 22.7 Å². The number of anilines is 4. The number of nitrogens with one attached hydrogen (secondary N) is 1. The van der Waals surface area contributed by atoms with Gasteiger partial charge in [0, 0.05) is 11.4 Å². The molecule has 5 N–H and O–H groups in total. The summed E-state index contributed by atoms with van der Waals surface area (Å²) in [7, 11) is 0. The molecule has 0 atom stereocenters. The Morgan fingerprint density at radius 3 is 2.26 bits per heavy atom. The van der Waals surface area contributed by atoms with Gasteiger partial charge in [-0.15, -0.1) is 0 Å². The summed E-state index contributed by atoms with van der Waals surface area (Å²) >= 11 is 0. The third-order valence-corrected chi connectivity index (χ3v) is 2.58. The molecule has 4 heteroatoms. The summed E-state index contributed by atoms with van der Waals surface area (Å²) in [5.74, 6) is 0.853. The second-order valence-electron chi connectivity index (χ2n) is 4.66. The fourth-order valence-corrected chi connectivity index (χ4v) is 1.74. The van der Waals surface area contributed by atoms with Crippen molar-refractivity contribution in [3.8, 4) is 5.75 Å². The molecule has 0 aliphatic rings. The van der Waals surface area contributed by atoms with Gasteiger partial charge in [0.25, 0.3) is 0 Å². The number of rotatable bonds is 4. The van der Waals surface area contributed by atoms with E-state index >= 15 is 0 Å². The molecule has 0 aliphatic carbocycles. The Morgan fingerprint density at radius 2 is 1.68 bits per heavy atom. The van der Waals surface area contributed by atoms with E-state index in [1.165, 1.54) is 0 Å². The summed E-state index contributed by atoms with van der Waals surface area (Å²) in [5.41, 5.74) is 14.6. The van der Waals surface area contributed by atoms with E-state index in [1.807, 2.05) is 50.2 Å². The highest BCUT2D eigenvalue weighted by Crippen LogP contribution is 2.26. The average molecular weight is 257 g/mol. The molecule has 0 unspecified atom stereocenters. The van der Waals surface area contributed by atoms with Crippen molar-refractivity contribution in [2.45, 2.75) is 20.0 Å². The van der Waals surface area contributed by atoms with Gasteiger partial charge in [0.2, 0.25) is 0 Å². The molecule has 0 bridgehead atoms. The highest BCUT2D eigenvalue weighted by atomic mass is 16.5. The second-order valence-corrected chi connectivity index (χ2v) is 4.66. The minimum atomic E-state index is 0.173. The SMILES string of the molecule is CC(C)Oc1ccc(Nc2ccc(N)cc2N)cc1. The van der Waals surface area contributed by atoms with Gasteiger partial charge in [0.05, 0.1) is 17.5 Å². The summed E-state index contributed by atoms with van der Waals surface area (Å²) in [6, 6.07) is 13.2. The normalized spacial score (nSPS) is 10.5. The predicted molar refractivity (Wildman–Crippen MR) is 80.8 cm³/mol. The Balaban J connectivity index is 2.10. The van der Waals surface area contributed by atoms with Crippen molar-refractivity contribution in [1.82, 2.24) is 0 Å². The molecule has 0 radical (unpaired) electrons. The maximum Gasteiger partial charge on any atom is 0.119 e. The lowest BCUT2D eigenvalue weighted by Gasteiger charge is -2.12. The second kappa shape index (κ2) is 5.52. The van der Waals surface area contributed by atoms with Crippen LogP contribution in [0.3, 0.4) is 0 Å². The minimum Gasteiger partial charge on any atom is -0.491 e. The van der Waals surface area contributed by atoms with Gasteiger partial charge >= 0.3 is 0 Å². The zero-order valence-electron chi connectivity index (χ0n) is 11.2. The number of nitrogens with two attached hydrogens (primary N) is 2. The van der Waals surface area contributed by atoms with Crippen molar-refractivity contribution in [2.75, 3.05) is 16.8 Å². The lowest BCUT2D eigenvalue weighted by atomic mass is 10.2. The van der Waals surface area contributed by atoms with E-state index in [9.17, 15) is 0 Å². The summed E-state index contributed by atoms with van der Waals surface area (Å²) in [4.78, 5) is 0. The van der Waals surface area contributed by atoms with Crippen LogP contribution in [0.5, 0.6) is 5.75 Å². The Morgan fingerprint density at radius 1 is 1.00 bits per heavy atom. The van der Waals surface area contributed by atoms with Gasteiger partial charge in [-0.2, -0.15) is 0 Å². The van der Waals surface area contributed by atoms with E-state index in [2.05, 4.69) is 5.32 Å². The molecule has 2 rings (SSSR count). The van der Waals surface area contributed by atoms with Crippen LogP contribution in [0.25, 0.3) is 0 Å².